The predicted octanol–water partition coefficient (Wildman–Crippen LogP) is 7.54. The highest BCUT2D eigenvalue weighted by Gasteiger charge is 2.40. The second-order valence-corrected chi connectivity index (χ2v) is 9.90. The highest BCUT2D eigenvalue weighted by molar-refractivity contribution is 5.87. The zero-order valence-corrected chi connectivity index (χ0v) is 18.0. The largest absolute Gasteiger partial charge is 0.366 e. The van der Waals surface area contributed by atoms with Gasteiger partial charge in [-0.1, -0.05) is 67.8 Å². The summed E-state index contributed by atoms with van der Waals surface area (Å²) in [6.45, 7) is 6.57. The van der Waals surface area contributed by atoms with Gasteiger partial charge in [-0.05, 0) is 56.7 Å². The minimum absolute atomic E-state index is 0.151. The Hall–Kier alpha value is -2.06. The summed E-state index contributed by atoms with van der Waals surface area (Å²) in [5.74, 6) is 0.672. The van der Waals surface area contributed by atoms with Crippen LogP contribution in [0, 0.1) is 0 Å². The van der Waals surface area contributed by atoms with Gasteiger partial charge in [0.2, 0.25) is 0 Å². The van der Waals surface area contributed by atoms with Crippen molar-refractivity contribution in [2.75, 3.05) is 0 Å². The molecule has 0 saturated heterocycles. The number of hydrogen-bond donors (Lipinski definition) is 0. The summed E-state index contributed by atoms with van der Waals surface area (Å²) >= 11 is 0. The molecular formula is C27H33NO. The lowest BCUT2D eigenvalue weighted by Gasteiger charge is -2.28. The van der Waals surface area contributed by atoms with Gasteiger partial charge in [-0.15, -0.1) is 0 Å². The molecule has 3 aromatic rings. The number of rotatable bonds is 3. The van der Waals surface area contributed by atoms with E-state index in [4.69, 9.17) is 4.74 Å². The van der Waals surface area contributed by atoms with Crippen molar-refractivity contribution < 1.29 is 4.74 Å². The van der Waals surface area contributed by atoms with E-state index in [9.17, 15) is 0 Å². The minimum atomic E-state index is -0.151. The fourth-order valence-corrected chi connectivity index (χ4v) is 5.70. The van der Waals surface area contributed by atoms with Crippen LogP contribution in [0.4, 0.5) is 0 Å². The number of benzene rings is 2. The van der Waals surface area contributed by atoms with E-state index in [0.29, 0.717) is 12.0 Å². The quantitative estimate of drug-likeness (QED) is 0.453. The number of nitrogens with zero attached hydrogens (tertiary/aromatic N) is 1. The highest BCUT2D eigenvalue weighted by Crippen LogP contribution is 2.51. The van der Waals surface area contributed by atoms with E-state index >= 15 is 0 Å². The van der Waals surface area contributed by atoms with Gasteiger partial charge in [0.15, 0.2) is 0 Å². The van der Waals surface area contributed by atoms with Crippen molar-refractivity contribution in [2.45, 2.75) is 83.0 Å². The number of ether oxygens (including phenoxy) is 1. The third-order valence-electron chi connectivity index (χ3n) is 6.74. The zero-order chi connectivity index (χ0) is 20.0. The number of aromatic nitrogens is 1. The molecule has 2 heterocycles. The highest BCUT2D eigenvalue weighted by atomic mass is 16.5. The van der Waals surface area contributed by atoms with Crippen LogP contribution in [0.5, 0.6) is 0 Å². The van der Waals surface area contributed by atoms with Gasteiger partial charge in [0.1, 0.15) is 6.10 Å². The summed E-state index contributed by atoms with van der Waals surface area (Å²) in [6.07, 6.45) is 7.93. The van der Waals surface area contributed by atoms with E-state index < -0.39 is 0 Å². The maximum Gasteiger partial charge on any atom is 0.101 e. The number of fused-ring (bicyclic) bond motifs is 3. The summed E-state index contributed by atoms with van der Waals surface area (Å²) in [7, 11) is 0. The monoisotopic (exact) mass is 387 g/mol. The van der Waals surface area contributed by atoms with Crippen LogP contribution in [-0.4, -0.2) is 10.2 Å². The molecule has 2 aromatic carbocycles. The lowest BCUT2D eigenvalue weighted by molar-refractivity contribution is -0.0620. The SMILES string of the molecule is CC(C)(C)O[C@H]1C[C@H](c2ccccc2)n2c1c(C1CCCCC1)c1ccccc12. The summed E-state index contributed by atoms with van der Waals surface area (Å²) < 4.78 is 9.35. The maximum absolute atomic E-state index is 6.72. The van der Waals surface area contributed by atoms with Crippen molar-refractivity contribution in [3.63, 3.8) is 0 Å². The average Bonchev–Trinajstić information content (AvgIpc) is 3.24. The molecule has 152 valence electrons. The molecule has 1 aliphatic carbocycles. The minimum Gasteiger partial charge on any atom is -0.366 e. The number of para-hydroxylation sites is 1. The van der Waals surface area contributed by atoms with Crippen LogP contribution in [0.25, 0.3) is 10.9 Å². The molecule has 0 unspecified atom stereocenters. The number of hydrogen-bond acceptors (Lipinski definition) is 1. The van der Waals surface area contributed by atoms with Gasteiger partial charge in [0, 0.05) is 17.3 Å². The van der Waals surface area contributed by atoms with Crippen molar-refractivity contribution >= 4 is 10.9 Å². The topological polar surface area (TPSA) is 14.2 Å². The smallest absolute Gasteiger partial charge is 0.101 e. The van der Waals surface area contributed by atoms with Crippen LogP contribution in [0.3, 0.4) is 0 Å². The molecule has 2 nitrogen and oxygen atoms in total. The summed E-state index contributed by atoms with van der Waals surface area (Å²) in [4.78, 5) is 0. The third-order valence-corrected chi connectivity index (χ3v) is 6.74. The lowest BCUT2D eigenvalue weighted by atomic mass is 9.82. The van der Waals surface area contributed by atoms with Gasteiger partial charge in [0.25, 0.3) is 0 Å². The first-order chi connectivity index (χ1) is 14.0. The molecule has 0 spiro atoms. The molecular weight excluding hydrogens is 354 g/mol. The van der Waals surface area contributed by atoms with E-state index in [1.807, 2.05) is 0 Å². The Labute approximate surface area is 174 Å². The molecule has 1 fully saturated rings. The van der Waals surface area contributed by atoms with E-state index in [-0.39, 0.29) is 11.7 Å². The van der Waals surface area contributed by atoms with Crippen molar-refractivity contribution in [3.05, 3.63) is 71.4 Å². The molecule has 0 radical (unpaired) electrons. The molecule has 2 atom stereocenters. The standard InChI is InChI=1S/C27H33NO/c1-27(2,3)29-24-18-23(19-12-6-4-7-13-19)28-22-17-11-10-16-21(22)25(26(24)28)20-14-8-5-9-15-20/h4,6-7,10-13,16-17,20,23-24H,5,8-9,14-15,18H2,1-3H3/t23-,24+/m1/s1. The second kappa shape index (κ2) is 7.32. The van der Waals surface area contributed by atoms with Crippen LogP contribution in [0.1, 0.15) is 94.2 Å². The first-order valence-electron chi connectivity index (χ1n) is 11.4. The first-order valence-corrected chi connectivity index (χ1v) is 11.4. The lowest BCUT2D eigenvalue weighted by Crippen LogP contribution is -2.22. The predicted molar refractivity (Wildman–Crippen MR) is 121 cm³/mol. The normalized spacial score (nSPS) is 22.9. The Bertz CT molecular complexity index is 989. The van der Waals surface area contributed by atoms with Crippen molar-refractivity contribution in [1.82, 2.24) is 4.57 Å². The van der Waals surface area contributed by atoms with Crippen molar-refractivity contribution in [2.24, 2.45) is 0 Å². The van der Waals surface area contributed by atoms with Gasteiger partial charge in [0.05, 0.1) is 17.3 Å². The Morgan fingerprint density at radius 3 is 2.28 bits per heavy atom. The molecule has 0 N–H and O–H groups in total. The molecule has 29 heavy (non-hydrogen) atoms. The second-order valence-electron chi connectivity index (χ2n) is 9.90. The fraction of sp³-hybridized carbons (Fsp3) is 0.481. The van der Waals surface area contributed by atoms with E-state index in [2.05, 4.69) is 79.9 Å². The molecule has 5 rings (SSSR count). The van der Waals surface area contributed by atoms with E-state index in [0.717, 1.165) is 6.42 Å². The molecule has 0 bridgehead atoms. The fourth-order valence-electron chi connectivity index (χ4n) is 5.70. The Morgan fingerprint density at radius 1 is 0.862 bits per heavy atom. The van der Waals surface area contributed by atoms with Gasteiger partial charge in [-0.2, -0.15) is 0 Å². The molecule has 2 heteroatoms. The van der Waals surface area contributed by atoms with Crippen LogP contribution in [0.2, 0.25) is 0 Å². The third kappa shape index (κ3) is 3.42. The summed E-state index contributed by atoms with van der Waals surface area (Å²) in [5.41, 5.74) is 5.68. The van der Waals surface area contributed by atoms with Crippen molar-refractivity contribution in [1.29, 1.82) is 0 Å². The van der Waals surface area contributed by atoms with E-state index in [1.165, 1.54) is 54.3 Å². The maximum atomic E-state index is 6.72. The van der Waals surface area contributed by atoms with Crippen LogP contribution < -0.4 is 0 Å². The average molecular weight is 388 g/mol. The van der Waals surface area contributed by atoms with Gasteiger partial charge >= 0.3 is 0 Å². The van der Waals surface area contributed by atoms with Crippen LogP contribution in [-0.2, 0) is 4.74 Å². The Balaban J connectivity index is 1.73. The Morgan fingerprint density at radius 2 is 1.55 bits per heavy atom. The van der Waals surface area contributed by atoms with E-state index in [1.54, 1.807) is 5.56 Å². The van der Waals surface area contributed by atoms with Crippen LogP contribution >= 0.6 is 0 Å². The summed E-state index contributed by atoms with van der Waals surface area (Å²) in [6, 6.07) is 20.4. The van der Waals surface area contributed by atoms with Gasteiger partial charge < -0.3 is 9.30 Å². The summed E-state index contributed by atoms with van der Waals surface area (Å²) in [5, 5.41) is 1.46. The van der Waals surface area contributed by atoms with Crippen molar-refractivity contribution in [3.8, 4) is 0 Å². The van der Waals surface area contributed by atoms with Gasteiger partial charge in [-0.3, -0.25) is 0 Å². The zero-order valence-electron chi connectivity index (χ0n) is 18.0. The molecule has 1 aliphatic heterocycles. The van der Waals surface area contributed by atoms with Gasteiger partial charge in [-0.25, -0.2) is 0 Å². The molecule has 1 aromatic heterocycles. The van der Waals surface area contributed by atoms with Crippen LogP contribution in [0.15, 0.2) is 54.6 Å². The molecule has 0 amide bonds. The Kier molecular flexibility index (Phi) is 4.78. The molecule has 2 aliphatic rings. The molecule has 1 saturated carbocycles. The first kappa shape index (κ1) is 18.9.